The maximum atomic E-state index is 11.5. The van der Waals surface area contributed by atoms with E-state index in [2.05, 4.69) is 22.0 Å². The zero-order valence-corrected chi connectivity index (χ0v) is 13.6. The Labute approximate surface area is 139 Å². The minimum atomic E-state index is -1.07. The van der Waals surface area contributed by atoms with E-state index in [4.69, 9.17) is 11.6 Å². The number of benzene rings is 1. The topological polar surface area (TPSA) is 74.5 Å². The van der Waals surface area contributed by atoms with E-state index in [0.717, 1.165) is 32.7 Å². The van der Waals surface area contributed by atoms with Crippen LogP contribution in [0.15, 0.2) is 24.3 Å². The fourth-order valence-electron chi connectivity index (χ4n) is 2.62. The summed E-state index contributed by atoms with van der Waals surface area (Å²) in [6.45, 7) is 6.39. The van der Waals surface area contributed by atoms with Crippen LogP contribution in [-0.2, 0) is 0 Å². The molecule has 0 aliphatic carbocycles. The number of carboxylic acids is 1. The van der Waals surface area contributed by atoms with Gasteiger partial charge in [-0.15, -0.1) is 15.0 Å². The van der Waals surface area contributed by atoms with Gasteiger partial charge in [0.05, 0.1) is 5.69 Å². The fraction of sp³-hybridized carbons (Fsp3) is 0.400. The lowest BCUT2D eigenvalue weighted by Crippen LogP contribution is -2.46. The number of aromatic nitrogens is 3. The minimum Gasteiger partial charge on any atom is -0.476 e. The molecule has 0 unspecified atom stereocenters. The fourth-order valence-corrected chi connectivity index (χ4v) is 2.74. The third kappa shape index (κ3) is 3.30. The number of carboxylic acid groups (broad SMARTS) is 1. The molecular formula is C15H18ClN5O2. The van der Waals surface area contributed by atoms with Crippen LogP contribution in [0.2, 0.25) is 5.02 Å². The van der Waals surface area contributed by atoms with Crippen molar-refractivity contribution in [3.8, 4) is 5.69 Å². The third-order valence-electron chi connectivity index (χ3n) is 3.98. The van der Waals surface area contributed by atoms with Gasteiger partial charge in [0.1, 0.15) is 0 Å². The van der Waals surface area contributed by atoms with Gasteiger partial charge in [0.15, 0.2) is 5.82 Å². The van der Waals surface area contributed by atoms with Crippen LogP contribution in [0.5, 0.6) is 0 Å². The molecule has 1 aromatic carbocycles. The predicted octanol–water partition coefficient (Wildman–Crippen LogP) is 1.76. The second-order valence-corrected chi connectivity index (χ2v) is 5.80. The van der Waals surface area contributed by atoms with Gasteiger partial charge in [-0.3, -0.25) is 0 Å². The van der Waals surface area contributed by atoms with Crippen molar-refractivity contribution in [1.29, 1.82) is 0 Å². The molecule has 0 amide bonds. The number of rotatable bonds is 4. The highest BCUT2D eigenvalue weighted by Crippen LogP contribution is 2.20. The molecule has 2 heterocycles. The Kier molecular flexibility index (Phi) is 4.49. The average Bonchev–Trinajstić information content (AvgIpc) is 3.01. The maximum absolute atomic E-state index is 11.5. The first kappa shape index (κ1) is 15.8. The average molecular weight is 336 g/mol. The van der Waals surface area contributed by atoms with E-state index < -0.39 is 5.97 Å². The van der Waals surface area contributed by atoms with Crippen molar-refractivity contribution in [2.45, 2.75) is 6.92 Å². The molecule has 1 aliphatic rings. The van der Waals surface area contributed by atoms with E-state index >= 15 is 0 Å². The van der Waals surface area contributed by atoms with E-state index in [-0.39, 0.29) is 5.69 Å². The summed E-state index contributed by atoms with van der Waals surface area (Å²) in [4.78, 5) is 17.2. The molecule has 1 saturated heterocycles. The Bertz CT molecular complexity index is 692. The molecule has 0 atom stereocenters. The quantitative estimate of drug-likeness (QED) is 0.917. The Morgan fingerprint density at radius 1 is 1.17 bits per heavy atom. The van der Waals surface area contributed by atoms with Gasteiger partial charge in [-0.2, -0.15) is 0 Å². The zero-order chi connectivity index (χ0) is 16.4. The van der Waals surface area contributed by atoms with Crippen LogP contribution in [0.1, 0.15) is 17.4 Å². The van der Waals surface area contributed by atoms with Gasteiger partial charge in [-0.25, -0.2) is 4.79 Å². The van der Waals surface area contributed by atoms with Crippen molar-refractivity contribution in [3.05, 3.63) is 35.0 Å². The monoisotopic (exact) mass is 335 g/mol. The highest BCUT2D eigenvalue weighted by molar-refractivity contribution is 6.30. The first-order valence-electron chi connectivity index (χ1n) is 7.52. The Morgan fingerprint density at radius 2 is 1.83 bits per heavy atom. The van der Waals surface area contributed by atoms with Gasteiger partial charge >= 0.3 is 5.97 Å². The van der Waals surface area contributed by atoms with Crippen LogP contribution < -0.4 is 4.90 Å². The summed E-state index contributed by atoms with van der Waals surface area (Å²) in [7, 11) is 0. The van der Waals surface area contributed by atoms with Crippen molar-refractivity contribution in [3.63, 3.8) is 0 Å². The SMILES string of the molecule is CCN1CCN(c2nn(-c3ccc(Cl)cc3)nc2C(=O)O)CC1. The van der Waals surface area contributed by atoms with Crippen molar-refractivity contribution < 1.29 is 9.90 Å². The highest BCUT2D eigenvalue weighted by Gasteiger charge is 2.26. The molecule has 1 aliphatic heterocycles. The van der Waals surface area contributed by atoms with E-state index in [1.807, 2.05) is 4.90 Å². The lowest BCUT2D eigenvalue weighted by molar-refractivity contribution is 0.0690. The van der Waals surface area contributed by atoms with Crippen molar-refractivity contribution >= 4 is 23.4 Å². The Balaban J connectivity index is 1.90. The molecule has 0 spiro atoms. The van der Waals surface area contributed by atoms with Crippen LogP contribution in [0.4, 0.5) is 5.82 Å². The summed E-state index contributed by atoms with van der Waals surface area (Å²) >= 11 is 5.88. The van der Waals surface area contributed by atoms with E-state index in [1.54, 1.807) is 24.3 Å². The molecule has 0 saturated carbocycles. The lowest BCUT2D eigenvalue weighted by atomic mass is 10.3. The van der Waals surface area contributed by atoms with Crippen LogP contribution >= 0.6 is 11.6 Å². The lowest BCUT2D eigenvalue weighted by Gasteiger charge is -2.34. The van der Waals surface area contributed by atoms with Gasteiger partial charge in [0.25, 0.3) is 0 Å². The number of aromatic carboxylic acids is 1. The second kappa shape index (κ2) is 6.55. The summed E-state index contributed by atoms with van der Waals surface area (Å²) in [6, 6.07) is 6.96. The number of likely N-dealkylation sites (N-methyl/N-ethyl adjacent to an activating group) is 1. The number of piperazine rings is 1. The van der Waals surface area contributed by atoms with Gasteiger partial charge < -0.3 is 14.9 Å². The molecule has 0 bridgehead atoms. The summed E-state index contributed by atoms with van der Waals surface area (Å²) in [5.74, 6) is -0.652. The predicted molar refractivity (Wildman–Crippen MR) is 87.7 cm³/mol. The summed E-state index contributed by atoms with van der Waals surface area (Å²) in [5, 5.41) is 18.6. The molecule has 0 radical (unpaired) electrons. The highest BCUT2D eigenvalue weighted by atomic mass is 35.5. The van der Waals surface area contributed by atoms with Gasteiger partial charge in [-0.05, 0) is 30.8 Å². The number of hydrogen-bond acceptors (Lipinski definition) is 5. The minimum absolute atomic E-state index is 0.0232. The zero-order valence-electron chi connectivity index (χ0n) is 12.8. The molecule has 1 N–H and O–H groups in total. The van der Waals surface area contributed by atoms with Crippen LogP contribution in [0.25, 0.3) is 5.69 Å². The molecule has 7 nitrogen and oxygen atoms in total. The van der Waals surface area contributed by atoms with Crippen molar-refractivity contribution in [2.75, 3.05) is 37.6 Å². The number of halogens is 1. The summed E-state index contributed by atoms with van der Waals surface area (Å²) in [6.07, 6.45) is 0. The second-order valence-electron chi connectivity index (χ2n) is 5.36. The van der Waals surface area contributed by atoms with E-state index in [1.165, 1.54) is 4.80 Å². The third-order valence-corrected chi connectivity index (χ3v) is 4.23. The summed E-state index contributed by atoms with van der Waals surface area (Å²) < 4.78 is 0. The van der Waals surface area contributed by atoms with Crippen molar-refractivity contribution in [2.24, 2.45) is 0 Å². The molecule has 23 heavy (non-hydrogen) atoms. The Hall–Kier alpha value is -2.12. The molecule has 2 aromatic rings. The molecule has 1 aromatic heterocycles. The molecule has 8 heteroatoms. The van der Waals surface area contributed by atoms with Gasteiger partial charge in [0.2, 0.25) is 5.69 Å². The van der Waals surface area contributed by atoms with Crippen LogP contribution in [-0.4, -0.2) is 63.7 Å². The normalized spacial score (nSPS) is 15.8. The number of hydrogen-bond donors (Lipinski definition) is 1. The number of anilines is 1. The van der Waals surface area contributed by atoms with Crippen LogP contribution in [0.3, 0.4) is 0 Å². The standard InChI is InChI=1S/C15H18ClN5O2/c1-2-19-7-9-20(10-8-19)14-13(15(22)23)17-21(18-14)12-5-3-11(16)4-6-12/h3-6H,2,7-10H2,1H3,(H,22,23). The van der Waals surface area contributed by atoms with Crippen LogP contribution in [0, 0.1) is 0 Å². The smallest absolute Gasteiger partial charge is 0.360 e. The molecule has 1 fully saturated rings. The first-order chi connectivity index (χ1) is 11.1. The maximum Gasteiger partial charge on any atom is 0.360 e. The Morgan fingerprint density at radius 3 is 2.39 bits per heavy atom. The van der Waals surface area contributed by atoms with E-state index in [9.17, 15) is 9.90 Å². The molecule has 3 rings (SSSR count). The summed E-state index contributed by atoms with van der Waals surface area (Å²) in [5.41, 5.74) is 0.653. The van der Waals surface area contributed by atoms with Gasteiger partial charge in [-0.1, -0.05) is 18.5 Å². The molecular weight excluding hydrogens is 318 g/mol. The van der Waals surface area contributed by atoms with Crippen molar-refractivity contribution in [1.82, 2.24) is 19.9 Å². The van der Waals surface area contributed by atoms with E-state index in [0.29, 0.717) is 16.5 Å². The molecule has 122 valence electrons. The number of carbonyl (C=O) groups is 1. The number of nitrogens with zero attached hydrogens (tertiary/aromatic N) is 5. The van der Waals surface area contributed by atoms with Gasteiger partial charge in [0, 0.05) is 31.2 Å². The largest absolute Gasteiger partial charge is 0.476 e. The first-order valence-corrected chi connectivity index (χ1v) is 7.90.